The van der Waals surface area contributed by atoms with Crippen LogP contribution in [0.3, 0.4) is 0 Å². The minimum absolute atomic E-state index is 0.854. The lowest BCUT2D eigenvalue weighted by Gasteiger charge is -2.09. The molecule has 0 atom stereocenters. The number of imidazole rings is 1. The number of rotatable bonds is 5. The third-order valence-electron chi connectivity index (χ3n) is 3.59. The second kappa shape index (κ2) is 6.41. The molecule has 0 radical (unpaired) electrons. The van der Waals surface area contributed by atoms with E-state index < -0.39 is 0 Å². The Hall–Kier alpha value is -1.65. The van der Waals surface area contributed by atoms with Gasteiger partial charge in [0.25, 0.3) is 0 Å². The summed E-state index contributed by atoms with van der Waals surface area (Å²) in [4.78, 5) is 4.78. The summed E-state index contributed by atoms with van der Waals surface area (Å²) in [5, 5.41) is 3.20. The van der Waals surface area contributed by atoms with Gasteiger partial charge < -0.3 is 9.88 Å². The Morgan fingerprint density at radius 1 is 1.10 bits per heavy atom. The van der Waals surface area contributed by atoms with Crippen LogP contribution < -0.4 is 5.32 Å². The monoisotopic (exact) mass is 343 g/mol. The van der Waals surface area contributed by atoms with Crippen LogP contribution in [0.2, 0.25) is 0 Å². The highest BCUT2D eigenvalue weighted by Crippen LogP contribution is 2.19. The summed E-state index contributed by atoms with van der Waals surface area (Å²) in [6.07, 6.45) is 0.932. The van der Waals surface area contributed by atoms with E-state index in [2.05, 4.69) is 68.3 Å². The van der Waals surface area contributed by atoms with Gasteiger partial charge in [0.2, 0.25) is 0 Å². The number of likely N-dealkylation sites (N-methyl/N-ethyl adjacent to an activating group) is 1. The van der Waals surface area contributed by atoms with Gasteiger partial charge in [-0.05, 0) is 36.9 Å². The average Bonchev–Trinajstić information content (AvgIpc) is 2.85. The van der Waals surface area contributed by atoms with Gasteiger partial charge in [0, 0.05) is 24.0 Å². The highest BCUT2D eigenvalue weighted by molar-refractivity contribution is 9.10. The second-order valence-corrected chi connectivity index (χ2v) is 6.00. The van der Waals surface area contributed by atoms with Crippen LogP contribution in [-0.2, 0) is 13.0 Å². The van der Waals surface area contributed by atoms with E-state index in [0.717, 1.165) is 35.3 Å². The maximum absolute atomic E-state index is 4.78. The molecule has 0 saturated heterocycles. The normalized spacial score (nSPS) is 11.1. The number of aromatic nitrogens is 2. The van der Waals surface area contributed by atoms with Crippen LogP contribution >= 0.6 is 15.9 Å². The summed E-state index contributed by atoms with van der Waals surface area (Å²) < 4.78 is 3.42. The average molecular weight is 344 g/mol. The second-order valence-electron chi connectivity index (χ2n) is 5.08. The number of hydrogen-bond donors (Lipinski definition) is 1. The van der Waals surface area contributed by atoms with E-state index in [0.29, 0.717) is 0 Å². The molecule has 3 rings (SSSR count). The van der Waals surface area contributed by atoms with E-state index >= 15 is 0 Å². The molecule has 0 unspecified atom stereocenters. The van der Waals surface area contributed by atoms with Crippen molar-refractivity contribution in [2.24, 2.45) is 0 Å². The van der Waals surface area contributed by atoms with Crippen LogP contribution in [-0.4, -0.2) is 23.1 Å². The summed E-state index contributed by atoms with van der Waals surface area (Å²) in [6, 6.07) is 16.8. The molecule has 3 nitrogen and oxygen atoms in total. The fourth-order valence-electron chi connectivity index (χ4n) is 2.50. The van der Waals surface area contributed by atoms with Gasteiger partial charge in [-0.1, -0.05) is 40.2 Å². The van der Waals surface area contributed by atoms with Crippen molar-refractivity contribution in [1.82, 2.24) is 14.9 Å². The third-order valence-corrected chi connectivity index (χ3v) is 4.11. The van der Waals surface area contributed by atoms with Crippen molar-refractivity contribution < 1.29 is 0 Å². The van der Waals surface area contributed by atoms with Gasteiger partial charge in [0.05, 0.1) is 11.0 Å². The van der Waals surface area contributed by atoms with E-state index in [-0.39, 0.29) is 0 Å². The van der Waals surface area contributed by atoms with Crippen LogP contribution in [0, 0.1) is 0 Å². The van der Waals surface area contributed by atoms with Gasteiger partial charge in [-0.2, -0.15) is 0 Å². The molecule has 0 saturated carbocycles. The topological polar surface area (TPSA) is 29.9 Å². The predicted octanol–water partition coefficient (Wildman–Crippen LogP) is 3.61. The Bertz CT molecular complexity index is 731. The molecule has 0 aliphatic rings. The Morgan fingerprint density at radius 2 is 1.86 bits per heavy atom. The minimum Gasteiger partial charge on any atom is -0.323 e. The molecule has 0 spiro atoms. The molecule has 1 aromatic heterocycles. The van der Waals surface area contributed by atoms with Crippen molar-refractivity contribution in [3.63, 3.8) is 0 Å². The first kappa shape index (κ1) is 14.3. The first-order valence-electron chi connectivity index (χ1n) is 7.11. The largest absolute Gasteiger partial charge is 0.323 e. The SMILES string of the molecule is CNCCc1nc2ccccc2n1Cc1ccc(Br)cc1. The van der Waals surface area contributed by atoms with Crippen molar-refractivity contribution in [3.05, 3.63) is 64.4 Å². The minimum atomic E-state index is 0.854. The van der Waals surface area contributed by atoms with Gasteiger partial charge in [-0.3, -0.25) is 0 Å². The molecular formula is C17H18BrN3. The van der Waals surface area contributed by atoms with E-state index in [1.54, 1.807) is 0 Å². The highest BCUT2D eigenvalue weighted by atomic mass is 79.9. The number of nitrogens with zero attached hydrogens (tertiary/aromatic N) is 2. The fraction of sp³-hybridized carbons (Fsp3) is 0.235. The number of hydrogen-bond acceptors (Lipinski definition) is 2. The van der Waals surface area contributed by atoms with Crippen LogP contribution in [0.5, 0.6) is 0 Å². The standard InChI is InChI=1S/C17H18BrN3/c1-19-11-10-17-20-15-4-2-3-5-16(15)21(17)12-13-6-8-14(18)9-7-13/h2-9,19H,10-12H2,1H3. The molecule has 108 valence electrons. The quantitative estimate of drug-likeness (QED) is 0.766. The third kappa shape index (κ3) is 3.17. The molecule has 0 aliphatic heterocycles. The van der Waals surface area contributed by atoms with Crippen molar-refractivity contribution in [3.8, 4) is 0 Å². The molecule has 4 heteroatoms. The van der Waals surface area contributed by atoms with Crippen molar-refractivity contribution >= 4 is 27.0 Å². The Morgan fingerprint density at radius 3 is 2.62 bits per heavy atom. The molecular weight excluding hydrogens is 326 g/mol. The smallest absolute Gasteiger partial charge is 0.111 e. The lowest BCUT2D eigenvalue weighted by atomic mass is 10.2. The molecule has 0 amide bonds. The number of halogens is 1. The van der Waals surface area contributed by atoms with Gasteiger partial charge in [0.1, 0.15) is 5.82 Å². The van der Waals surface area contributed by atoms with Crippen LogP contribution in [0.25, 0.3) is 11.0 Å². The van der Waals surface area contributed by atoms with E-state index in [9.17, 15) is 0 Å². The number of nitrogens with one attached hydrogen (secondary N) is 1. The first-order chi connectivity index (χ1) is 10.3. The van der Waals surface area contributed by atoms with Crippen molar-refractivity contribution in [2.75, 3.05) is 13.6 Å². The number of fused-ring (bicyclic) bond motifs is 1. The number of para-hydroxylation sites is 2. The Labute approximate surface area is 133 Å². The molecule has 2 aromatic carbocycles. The molecule has 0 bridgehead atoms. The zero-order chi connectivity index (χ0) is 14.7. The van der Waals surface area contributed by atoms with E-state index in [1.807, 2.05) is 13.1 Å². The van der Waals surface area contributed by atoms with Gasteiger partial charge in [-0.25, -0.2) is 4.98 Å². The lowest BCUT2D eigenvalue weighted by Crippen LogP contribution is -2.14. The van der Waals surface area contributed by atoms with Gasteiger partial charge >= 0.3 is 0 Å². The Kier molecular flexibility index (Phi) is 4.36. The van der Waals surface area contributed by atoms with Crippen LogP contribution in [0.4, 0.5) is 0 Å². The van der Waals surface area contributed by atoms with Crippen molar-refractivity contribution in [2.45, 2.75) is 13.0 Å². The first-order valence-corrected chi connectivity index (χ1v) is 7.90. The van der Waals surface area contributed by atoms with Crippen molar-refractivity contribution in [1.29, 1.82) is 0 Å². The summed E-state index contributed by atoms with van der Waals surface area (Å²) in [6.45, 7) is 1.79. The summed E-state index contributed by atoms with van der Waals surface area (Å²) in [5.41, 5.74) is 3.55. The highest BCUT2D eigenvalue weighted by Gasteiger charge is 2.10. The zero-order valence-electron chi connectivity index (χ0n) is 12.0. The molecule has 0 aliphatic carbocycles. The molecule has 1 heterocycles. The van der Waals surface area contributed by atoms with Gasteiger partial charge in [-0.15, -0.1) is 0 Å². The molecule has 0 fully saturated rings. The molecule has 1 N–H and O–H groups in total. The summed E-state index contributed by atoms with van der Waals surface area (Å²) in [7, 11) is 1.97. The molecule has 21 heavy (non-hydrogen) atoms. The predicted molar refractivity (Wildman–Crippen MR) is 90.6 cm³/mol. The summed E-state index contributed by atoms with van der Waals surface area (Å²) >= 11 is 3.48. The van der Waals surface area contributed by atoms with Crippen LogP contribution in [0.1, 0.15) is 11.4 Å². The zero-order valence-corrected chi connectivity index (χ0v) is 13.6. The Balaban J connectivity index is 1.99. The molecule has 3 aromatic rings. The van der Waals surface area contributed by atoms with Crippen LogP contribution in [0.15, 0.2) is 53.0 Å². The van der Waals surface area contributed by atoms with E-state index in [1.165, 1.54) is 11.1 Å². The van der Waals surface area contributed by atoms with Gasteiger partial charge in [0.15, 0.2) is 0 Å². The maximum Gasteiger partial charge on any atom is 0.111 e. The lowest BCUT2D eigenvalue weighted by molar-refractivity contribution is 0.696. The van der Waals surface area contributed by atoms with E-state index in [4.69, 9.17) is 4.98 Å². The number of benzene rings is 2. The maximum atomic E-state index is 4.78. The summed E-state index contributed by atoms with van der Waals surface area (Å²) in [5.74, 6) is 1.13. The fourth-order valence-corrected chi connectivity index (χ4v) is 2.77.